The van der Waals surface area contributed by atoms with Crippen molar-refractivity contribution >= 4 is 17.7 Å². The van der Waals surface area contributed by atoms with Crippen LogP contribution in [0.3, 0.4) is 0 Å². The number of benzene rings is 2. The summed E-state index contributed by atoms with van der Waals surface area (Å²) in [5, 5.41) is 3.12. The third-order valence-electron chi connectivity index (χ3n) is 7.48. The Kier molecular flexibility index (Phi) is 8.07. The van der Waals surface area contributed by atoms with Gasteiger partial charge < -0.3 is 15.1 Å². The number of hydrogen-bond acceptors (Lipinski definition) is 3. The number of halogens is 1. The van der Waals surface area contributed by atoms with Crippen LogP contribution in [0.5, 0.6) is 0 Å². The molecule has 2 aromatic rings. The fourth-order valence-electron chi connectivity index (χ4n) is 5.27. The van der Waals surface area contributed by atoms with Crippen molar-refractivity contribution in [1.82, 2.24) is 15.1 Å². The molecule has 2 saturated heterocycles. The first-order valence-corrected chi connectivity index (χ1v) is 12.9. The summed E-state index contributed by atoms with van der Waals surface area (Å²) in [6.45, 7) is 6.75. The first-order chi connectivity index (χ1) is 17.2. The first kappa shape index (κ1) is 25.9. The third-order valence-corrected chi connectivity index (χ3v) is 7.48. The van der Waals surface area contributed by atoms with Crippen LogP contribution in [0.25, 0.3) is 0 Å². The Labute approximate surface area is 212 Å². The summed E-state index contributed by atoms with van der Waals surface area (Å²) >= 11 is 0. The Morgan fingerprint density at radius 1 is 0.917 bits per heavy atom. The molecule has 0 saturated carbocycles. The maximum Gasteiger partial charge on any atom is 0.243 e. The van der Waals surface area contributed by atoms with Crippen molar-refractivity contribution in [3.05, 3.63) is 71.3 Å². The lowest BCUT2D eigenvalue weighted by Crippen LogP contribution is -2.50. The van der Waals surface area contributed by atoms with Crippen LogP contribution in [0.15, 0.2) is 54.6 Å². The van der Waals surface area contributed by atoms with Gasteiger partial charge in [-0.3, -0.25) is 14.4 Å². The largest absolute Gasteiger partial charge is 0.343 e. The highest BCUT2D eigenvalue weighted by atomic mass is 19.1. The van der Waals surface area contributed by atoms with Gasteiger partial charge in [0.1, 0.15) is 12.2 Å². The van der Waals surface area contributed by atoms with Gasteiger partial charge >= 0.3 is 0 Å². The van der Waals surface area contributed by atoms with Crippen LogP contribution in [0.4, 0.5) is 4.39 Å². The van der Waals surface area contributed by atoms with E-state index >= 15 is 0 Å². The summed E-state index contributed by atoms with van der Waals surface area (Å²) in [6.07, 6.45) is -0.163. The number of rotatable bonds is 6. The zero-order chi connectivity index (χ0) is 25.8. The molecule has 2 aliphatic rings. The lowest BCUT2D eigenvalue weighted by atomic mass is 9.94. The molecule has 2 heterocycles. The molecule has 2 aliphatic heterocycles. The summed E-state index contributed by atoms with van der Waals surface area (Å²) in [5.41, 5.74) is 3.07. The zero-order valence-corrected chi connectivity index (χ0v) is 21.3. The van der Waals surface area contributed by atoms with Crippen LogP contribution in [0.1, 0.15) is 68.7 Å². The molecule has 6 nitrogen and oxygen atoms in total. The minimum Gasteiger partial charge on any atom is -0.343 e. The van der Waals surface area contributed by atoms with Gasteiger partial charge in [-0.15, -0.1) is 0 Å². The Hall–Kier alpha value is -3.22. The van der Waals surface area contributed by atoms with Gasteiger partial charge in [-0.25, -0.2) is 4.39 Å². The fourth-order valence-corrected chi connectivity index (χ4v) is 5.27. The summed E-state index contributed by atoms with van der Waals surface area (Å²) in [6, 6.07) is 16.6. The second-order valence-corrected chi connectivity index (χ2v) is 10.3. The quantitative estimate of drug-likeness (QED) is 0.655. The van der Waals surface area contributed by atoms with Gasteiger partial charge in [0.05, 0.1) is 12.6 Å². The number of piperidine rings is 1. The zero-order valence-electron chi connectivity index (χ0n) is 21.3. The molecular weight excluding hydrogens is 457 g/mol. The molecule has 4 rings (SSSR count). The van der Waals surface area contributed by atoms with Crippen LogP contribution >= 0.6 is 0 Å². The molecule has 1 N–H and O–H groups in total. The monoisotopic (exact) mass is 493 g/mol. The molecule has 2 fully saturated rings. The molecule has 7 heteroatoms. The van der Waals surface area contributed by atoms with Crippen molar-refractivity contribution < 1.29 is 18.8 Å². The van der Waals surface area contributed by atoms with E-state index in [-0.39, 0.29) is 36.6 Å². The maximum absolute atomic E-state index is 14.6. The Bertz CT molecular complexity index is 1060. The smallest absolute Gasteiger partial charge is 0.243 e. The molecule has 0 aromatic heterocycles. The second-order valence-electron chi connectivity index (χ2n) is 10.3. The van der Waals surface area contributed by atoms with E-state index in [1.165, 1.54) is 17.4 Å². The number of alkyl halides is 1. The number of carbonyl (C=O) groups is 3. The van der Waals surface area contributed by atoms with Crippen molar-refractivity contribution in [3.8, 4) is 0 Å². The minimum atomic E-state index is -1.23. The van der Waals surface area contributed by atoms with Gasteiger partial charge in [0, 0.05) is 32.4 Å². The lowest BCUT2D eigenvalue weighted by Gasteiger charge is -2.34. The molecule has 0 bridgehead atoms. The average molecular weight is 494 g/mol. The third kappa shape index (κ3) is 5.77. The molecule has 3 unspecified atom stereocenters. The number of nitrogens with zero attached hydrogens (tertiary/aromatic N) is 2. The van der Waals surface area contributed by atoms with E-state index in [2.05, 4.69) is 31.3 Å². The van der Waals surface area contributed by atoms with Gasteiger partial charge in [0.2, 0.25) is 17.7 Å². The maximum atomic E-state index is 14.6. The van der Waals surface area contributed by atoms with Crippen LogP contribution in [0.2, 0.25) is 0 Å². The summed E-state index contributed by atoms with van der Waals surface area (Å²) in [4.78, 5) is 41.7. The van der Waals surface area contributed by atoms with Crippen LogP contribution in [0, 0.1) is 5.92 Å². The predicted molar refractivity (Wildman–Crippen MR) is 137 cm³/mol. The summed E-state index contributed by atoms with van der Waals surface area (Å²) in [5.74, 6) is -0.431. The Morgan fingerprint density at radius 2 is 1.50 bits per heavy atom. The highest BCUT2D eigenvalue weighted by Gasteiger charge is 2.43. The van der Waals surface area contributed by atoms with Crippen molar-refractivity contribution in [3.63, 3.8) is 0 Å². The number of amides is 3. The summed E-state index contributed by atoms with van der Waals surface area (Å²) < 4.78 is 14.6. The predicted octanol–water partition coefficient (Wildman–Crippen LogP) is 4.21. The number of carbonyl (C=O) groups excluding carboxylic acids is 3. The van der Waals surface area contributed by atoms with E-state index in [4.69, 9.17) is 0 Å². The highest BCUT2D eigenvalue weighted by molar-refractivity contribution is 5.90. The topological polar surface area (TPSA) is 69.7 Å². The van der Waals surface area contributed by atoms with E-state index in [0.717, 1.165) is 11.1 Å². The molecule has 36 heavy (non-hydrogen) atoms. The van der Waals surface area contributed by atoms with Crippen molar-refractivity contribution in [2.75, 3.05) is 19.6 Å². The minimum absolute atomic E-state index is 0.00232. The fraction of sp³-hybridized carbons (Fsp3) is 0.483. The first-order valence-electron chi connectivity index (χ1n) is 12.9. The van der Waals surface area contributed by atoms with Crippen molar-refractivity contribution in [2.45, 2.75) is 64.2 Å². The molecule has 3 amide bonds. The van der Waals surface area contributed by atoms with E-state index in [1.54, 1.807) is 4.90 Å². The molecule has 2 aromatic carbocycles. The standard InChI is InChI=1S/C29H36FN3O3/c1-19(2)21-9-11-23(12-10-21)27(22-7-5-4-6-8-22)31-28(35)26-17-25(30)18-33(26)29(36)24-13-15-32(16-14-24)20(3)34/h4-12,19,24-27H,13-18H2,1-3H3,(H,31,35). The van der Waals surface area contributed by atoms with Crippen LogP contribution < -0.4 is 5.32 Å². The van der Waals surface area contributed by atoms with Gasteiger partial charge in [-0.05, 0) is 35.4 Å². The molecule has 192 valence electrons. The summed E-state index contributed by atoms with van der Waals surface area (Å²) in [7, 11) is 0. The second kappa shape index (κ2) is 11.2. The van der Waals surface area contributed by atoms with Crippen LogP contribution in [-0.2, 0) is 14.4 Å². The lowest BCUT2D eigenvalue weighted by molar-refractivity contribution is -0.144. The molecular formula is C29H36FN3O3. The molecule has 0 aliphatic carbocycles. The van der Waals surface area contributed by atoms with Crippen molar-refractivity contribution in [2.24, 2.45) is 5.92 Å². The average Bonchev–Trinajstić information content (AvgIpc) is 3.29. The van der Waals surface area contributed by atoms with Gasteiger partial charge in [0.25, 0.3) is 0 Å². The van der Waals surface area contributed by atoms with E-state index in [9.17, 15) is 18.8 Å². The number of nitrogens with one attached hydrogen (secondary N) is 1. The molecule has 3 atom stereocenters. The Balaban J connectivity index is 1.52. The van der Waals surface area contributed by atoms with Gasteiger partial charge in [-0.2, -0.15) is 0 Å². The number of hydrogen-bond donors (Lipinski definition) is 1. The van der Waals surface area contributed by atoms with Gasteiger partial charge in [0.15, 0.2) is 0 Å². The van der Waals surface area contributed by atoms with Gasteiger partial charge in [-0.1, -0.05) is 68.4 Å². The SMILES string of the molecule is CC(=O)N1CCC(C(=O)N2CC(F)CC2C(=O)NC(c2ccccc2)c2ccc(C(C)C)cc2)CC1. The normalized spacial score (nSPS) is 21.5. The molecule has 0 radical (unpaired) electrons. The van der Waals surface area contributed by atoms with E-state index < -0.39 is 18.3 Å². The van der Waals surface area contributed by atoms with Crippen LogP contribution in [-0.4, -0.2) is 59.4 Å². The Morgan fingerprint density at radius 3 is 2.08 bits per heavy atom. The number of likely N-dealkylation sites (tertiary alicyclic amines) is 2. The van der Waals surface area contributed by atoms with Crippen molar-refractivity contribution in [1.29, 1.82) is 0 Å². The molecule has 0 spiro atoms. The van der Waals surface area contributed by atoms with E-state index in [1.807, 2.05) is 42.5 Å². The van der Waals surface area contributed by atoms with E-state index in [0.29, 0.717) is 31.8 Å². The highest BCUT2D eigenvalue weighted by Crippen LogP contribution is 2.29.